The van der Waals surface area contributed by atoms with Gasteiger partial charge in [0, 0.05) is 31.3 Å². The molecule has 1 aromatic carbocycles. The molecule has 1 atom stereocenters. The van der Waals surface area contributed by atoms with Crippen molar-refractivity contribution >= 4 is 15.7 Å². The van der Waals surface area contributed by atoms with E-state index in [9.17, 15) is 18.5 Å². The second-order valence-electron chi connectivity index (χ2n) is 5.78. The summed E-state index contributed by atoms with van der Waals surface area (Å²) in [6.45, 7) is 3.22. The zero-order valence-corrected chi connectivity index (χ0v) is 13.8. The summed E-state index contributed by atoms with van der Waals surface area (Å²) < 4.78 is 26.8. The van der Waals surface area contributed by atoms with Gasteiger partial charge in [-0.25, -0.2) is 8.42 Å². The Labute approximate surface area is 130 Å². The maximum atomic E-state index is 12.7. The summed E-state index contributed by atoms with van der Waals surface area (Å²) in [7, 11) is -0.0888. The van der Waals surface area contributed by atoms with Gasteiger partial charge in [0.1, 0.15) is 0 Å². The predicted molar refractivity (Wildman–Crippen MR) is 83.3 cm³/mol. The van der Waals surface area contributed by atoms with E-state index in [4.69, 9.17) is 0 Å². The number of rotatable bonds is 4. The van der Waals surface area contributed by atoms with Crippen molar-refractivity contribution in [3.63, 3.8) is 0 Å². The molecule has 1 fully saturated rings. The van der Waals surface area contributed by atoms with Crippen LogP contribution in [0.5, 0.6) is 0 Å². The van der Waals surface area contributed by atoms with Crippen LogP contribution in [0, 0.1) is 17.0 Å². The molecule has 0 bridgehead atoms. The van der Waals surface area contributed by atoms with E-state index < -0.39 is 14.9 Å². The Morgan fingerprint density at radius 2 is 2.09 bits per heavy atom. The molecule has 1 saturated heterocycles. The van der Waals surface area contributed by atoms with Crippen molar-refractivity contribution in [3.8, 4) is 0 Å². The van der Waals surface area contributed by atoms with Gasteiger partial charge in [0.15, 0.2) is 0 Å². The van der Waals surface area contributed by atoms with Crippen molar-refractivity contribution in [2.45, 2.75) is 30.7 Å². The fourth-order valence-corrected chi connectivity index (χ4v) is 4.25. The van der Waals surface area contributed by atoms with Crippen molar-refractivity contribution in [3.05, 3.63) is 33.9 Å². The number of piperidine rings is 1. The minimum atomic E-state index is -3.64. The third-order valence-corrected chi connectivity index (χ3v) is 6.06. The van der Waals surface area contributed by atoms with Crippen LogP contribution in [0.2, 0.25) is 0 Å². The normalized spacial score (nSPS) is 20.3. The summed E-state index contributed by atoms with van der Waals surface area (Å²) in [6, 6.07) is 3.86. The van der Waals surface area contributed by atoms with E-state index in [0.717, 1.165) is 19.4 Å². The highest BCUT2D eigenvalue weighted by Crippen LogP contribution is 2.26. The predicted octanol–water partition coefficient (Wildman–Crippen LogP) is 1.62. The molecular weight excluding hydrogens is 306 g/mol. The first kappa shape index (κ1) is 16.9. The molecule has 2 rings (SSSR count). The lowest BCUT2D eigenvalue weighted by Crippen LogP contribution is -2.47. The second kappa shape index (κ2) is 6.31. The molecule has 1 aliphatic rings. The summed E-state index contributed by atoms with van der Waals surface area (Å²) in [5, 5.41) is 10.8. The molecule has 7 nitrogen and oxygen atoms in total. The number of hydrogen-bond donors (Lipinski definition) is 0. The van der Waals surface area contributed by atoms with Crippen LogP contribution in [-0.4, -0.2) is 55.8 Å². The summed E-state index contributed by atoms with van der Waals surface area (Å²) in [6.07, 6.45) is 1.78. The number of likely N-dealkylation sites (N-methyl/N-ethyl adjacent to an activating group) is 2. The molecular formula is C14H21N3O4S. The molecule has 22 heavy (non-hydrogen) atoms. The van der Waals surface area contributed by atoms with Gasteiger partial charge in [-0.2, -0.15) is 4.31 Å². The summed E-state index contributed by atoms with van der Waals surface area (Å²) in [5.74, 6) is 0. The van der Waals surface area contributed by atoms with Gasteiger partial charge in [-0.3, -0.25) is 10.1 Å². The quantitative estimate of drug-likeness (QED) is 0.620. The lowest BCUT2D eigenvalue weighted by molar-refractivity contribution is -0.385. The van der Waals surface area contributed by atoms with Gasteiger partial charge in [0.2, 0.25) is 10.0 Å². The van der Waals surface area contributed by atoms with E-state index in [1.54, 1.807) is 14.0 Å². The van der Waals surface area contributed by atoms with Gasteiger partial charge in [0.05, 0.1) is 9.82 Å². The van der Waals surface area contributed by atoms with Crippen LogP contribution < -0.4 is 0 Å². The second-order valence-corrected chi connectivity index (χ2v) is 7.78. The monoisotopic (exact) mass is 327 g/mol. The lowest BCUT2D eigenvalue weighted by Gasteiger charge is -2.35. The van der Waals surface area contributed by atoms with Crippen LogP contribution in [0.4, 0.5) is 5.69 Å². The first-order chi connectivity index (χ1) is 10.2. The van der Waals surface area contributed by atoms with Crippen LogP contribution in [0.1, 0.15) is 18.4 Å². The summed E-state index contributed by atoms with van der Waals surface area (Å²) >= 11 is 0. The van der Waals surface area contributed by atoms with Crippen molar-refractivity contribution in [2.24, 2.45) is 0 Å². The van der Waals surface area contributed by atoms with E-state index in [1.807, 2.05) is 7.05 Å². The van der Waals surface area contributed by atoms with Gasteiger partial charge < -0.3 is 4.90 Å². The topological polar surface area (TPSA) is 83.8 Å². The molecule has 0 spiro atoms. The Bertz CT molecular complexity index is 675. The minimum Gasteiger partial charge on any atom is -0.305 e. The van der Waals surface area contributed by atoms with Crippen LogP contribution in [-0.2, 0) is 10.0 Å². The van der Waals surface area contributed by atoms with Crippen molar-refractivity contribution in [2.75, 3.05) is 27.2 Å². The molecule has 0 saturated carbocycles. The zero-order chi connectivity index (χ0) is 16.5. The van der Waals surface area contributed by atoms with Gasteiger partial charge in [-0.1, -0.05) is 0 Å². The van der Waals surface area contributed by atoms with E-state index in [1.165, 1.54) is 22.5 Å². The molecule has 0 radical (unpaired) electrons. The Balaban J connectivity index is 2.29. The zero-order valence-electron chi connectivity index (χ0n) is 13.0. The molecule has 1 unspecified atom stereocenters. The molecule has 8 heteroatoms. The van der Waals surface area contributed by atoms with Crippen LogP contribution in [0.25, 0.3) is 0 Å². The molecule has 1 aliphatic heterocycles. The van der Waals surface area contributed by atoms with Gasteiger partial charge in [-0.05, 0) is 45.5 Å². The number of aryl methyl sites for hydroxylation is 1. The molecule has 1 aromatic rings. The highest BCUT2D eigenvalue weighted by molar-refractivity contribution is 7.89. The van der Waals surface area contributed by atoms with Crippen LogP contribution >= 0.6 is 0 Å². The Morgan fingerprint density at radius 1 is 1.41 bits per heavy atom. The minimum absolute atomic E-state index is 0.0701. The number of likely N-dealkylation sites (tertiary alicyclic amines) is 1. The Morgan fingerprint density at radius 3 is 2.64 bits per heavy atom. The van der Waals surface area contributed by atoms with E-state index >= 15 is 0 Å². The van der Waals surface area contributed by atoms with Crippen LogP contribution in [0.3, 0.4) is 0 Å². The fourth-order valence-electron chi connectivity index (χ4n) is 2.79. The van der Waals surface area contributed by atoms with Crippen LogP contribution in [0.15, 0.2) is 23.1 Å². The molecule has 0 aromatic heterocycles. The summed E-state index contributed by atoms with van der Waals surface area (Å²) in [4.78, 5) is 12.5. The number of nitrogens with zero attached hydrogens (tertiary/aromatic N) is 3. The number of hydrogen-bond acceptors (Lipinski definition) is 5. The van der Waals surface area contributed by atoms with Gasteiger partial charge >= 0.3 is 0 Å². The highest BCUT2D eigenvalue weighted by atomic mass is 32.2. The van der Waals surface area contributed by atoms with Gasteiger partial charge in [0.25, 0.3) is 5.69 Å². The van der Waals surface area contributed by atoms with E-state index in [-0.39, 0.29) is 16.6 Å². The summed E-state index contributed by atoms with van der Waals surface area (Å²) in [5.41, 5.74) is 0.277. The SMILES string of the molecule is Cc1cc(S(=O)(=O)N(C)C2CCCN(C)C2)ccc1[N+](=O)[O-]. The number of sulfonamides is 1. The van der Waals surface area contributed by atoms with Crippen molar-refractivity contribution in [1.82, 2.24) is 9.21 Å². The fraction of sp³-hybridized carbons (Fsp3) is 0.571. The number of nitro groups is 1. The molecule has 1 heterocycles. The highest BCUT2D eigenvalue weighted by Gasteiger charge is 2.31. The first-order valence-corrected chi connectivity index (χ1v) is 8.59. The average Bonchev–Trinajstić information content (AvgIpc) is 2.45. The molecule has 0 amide bonds. The van der Waals surface area contributed by atoms with Gasteiger partial charge in [-0.15, -0.1) is 0 Å². The third kappa shape index (κ3) is 3.29. The largest absolute Gasteiger partial charge is 0.305 e. The first-order valence-electron chi connectivity index (χ1n) is 7.15. The van der Waals surface area contributed by atoms with E-state index in [0.29, 0.717) is 12.1 Å². The number of nitro benzene ring substituents is 1. The standard InChI is InChI=1S/C14H21N3O4S/c1-11-9-13(6-7-14(11)17(18)19)22(20,21)16(3)12-5-4-8-15(2)10-12/h6-7,9,12H,4-5,8,10H2,1-3H3. The number of benzene rings is 1. The van der Waals surface area contributed by atoms with Crippen molar-refractivity contribution in [1.29, 1.82) is 0 Å². The maximum Gasteiger partial charge on any atom is 0.272 e. The maximum absolute atomic E-state index is 12.7. The molecule has 0 N–H and O–H groups in total. The lowest BCUT2D eigenvalue weighted by atomic mass is 10.1. The average molecular weight is 327 g/mol. The third-order valence-electron chi connectivity index (χ3n) is 4.16. The Kier molecular flexibility index (Phi) is 4.84. The van der Waals surface area contributed by atoms with E-state index in [2.05, 4.69) is 4.90 Å². The molecule has 122 valence electrons. The Hall–Kier alpha value is -1.51. The van der Waals surface area contributed by atoms with Crippen molar-refractivity contribution < 1.29 is 13.3 Å². The smallest absolute Gasteiger partial charge is 0.272 e. The molecule has 0 aliphatic carbocycles.